The van der Waals surface area contributed by atoms with Crippen LogP contribution in [0.15, 0.2) is 35.2 Å². The molecule has 2 aromatic rings. The van der Waals surface area contributed by atoms with E-state index in [1.165, 1.54) is 11.4 Å². The first kappa shape index (κ1) is 24.6. The van der Waals surface area contributed by atoms with Gasteiger partial charge in [-0.2, -0.15) is 17.5 Å². The van der Waals surface area contributed by atoms with E-state index in [-0.39, 0.29) is 31.9 Å². The Labute approximate surface area is 193 Å². The number of nitrogens with zero attached hydrogens (tertiary/aromatic N) is 1. The summed E-state index contributed by atoms with van der Waals surface area (Å²) in [5.74, 6) is -0.933. The molecule has 0 aromatic heterocycles. The Balaban J connectivity index is 1.98. The van der Waals surface area contributed by atoms with Crippen molar-refractivity contribution < 1.29 is 31.1 Å². The van der Waals surface area contributed by atoms with E-state index in [1.807, 2.05) is 0 Å². The number of hydrogen-bond donors (Lipinski definition) is 1. The zero-order chi connectivity index (χ0) is 23.7. The smallest absolute Gasteiger partial charge is 0.416 e. The molecule has 0 saturated carbocycles. The molecule has 0 unspecified atom stereocenters. The first-order chi connectivity index (χ1) is 14.9. The van der Waals surface area contributed by atoms with Crippen LogP contribution in [0, 0.1) is 0 Å². The summed E-state index contributed by atoms with van der Waals surface area (Å²) in [5, 5.41) is 1.99. The number of amides is 1. The largest absolute Gasteiger partial charge is 0.495 e. The van der Waals surface area contributed by atoms with E-state index in [9.17, 15) is 26.4 Å². The third-order valence-electron chi connectivity index (χ3n) is 4.97. The van der Waals surface area contributed by atoms with Gasteiger partial charge >= 0.3 is 6.18 Å². The molecule has 12 heteroatoms. The minimum absolute atomic E-state index is 0.0161. The minimum Gasteiger partial charge on any atom is -0.495 e. The number of nitrogens with one attached hydrogen (secondary N) is 1. The molecule has 2 aromatic carbocycles. The highest BCUT2D eigenvalue weighted by atomic mass is 35.5. The molecule has 1 fully saturated rings. The zero-order valence-corrected chi connectivity index (χ0v) is 19.1. The SMILES string of the molecule is COc1ccc(C(F)(F)F)cc1NC(=O)c1cc(S(=O)(=O)N2CCCCC2)c(Cl)cc1Cl. The van der Waals surface area contributed by atoms with Crippen LogP contribution in [0.2, 0.25) is 10.0 Å². The van der Waals surface area contributed by atoms with Crippen LogP contribution < -0.4 is 10.1 Å². The van der Waals surface area contributed by atoms with Crippen LogP contribution in [0.25, 0.3) is 0 Å². The molecule has 3 rings (SSSR count). The average Bonchev–Trinajstić information content (AvgIpc) is 2.73. The van der Waals surface area contributed by atoms with Crippen LogP contribution >= 0.6 is 23.2 Å². The monoisotopic (exact) mass is 510 g/mol. The van der Waals surface area contributed by atoms with E-state index >= 15 is 0 Å². The lowest BCUT2D eigenvalue weighted by molar-refractivity contribution is -0.137. The van der Waals surface area contributed by atoms with Gasteiger partial charge in [0.05, 0.1) is 34.0 Å². The molecule has 1 aliphatic rings. The van der Waals surface area contributed by atoms with Crippen molar-refractivity contribution in [2.75, 3.05) is 25.5 Å². The molecule has 0 spiro atoms. The molecule has 6 nitrogen and oxygen atoms in total. The molecule has 1 N–H and O–H groups in total. The topological polar surface area (TPSA) is 75.7 Å². The number of carbonyl (C=O) groups excluding carboxylic acids is 1. The van der Waals surface area contributed by atoms with Gasteiger partial charge in [0.1, 0.15) is 10.6 Å². The second-order valence-electron chi connectivity index (χ2n) is 7.09. The van der Waals surface area contributed by atoms with Crippen molar-refractivity contribution in [1.29, 1.82) is 0 Å². The summed E-state index contributed by atoms with van der Waals surface area (Å²) in [6, 6.07) is 4.75. The molecule has 1 heterocycles. The second kappa shape index (κ2) is 9.46. The molecule has 0 radical (unpaired) electrons. The van der Waals surface area contributed by atoms with Crippen LogP contribution in [0.1, 0.15) is 35.2 Å². The maximum absolute atomic E-state index is 13.1. The minimum atomic E-state index is -4.64. The molecule has 0 bridgehead atoms. The molecule has 32 heavy (non-hydrogen) atoms. The number of carbonyl (C=O) groups is 1. The molecule has 1 amide bonds. The van der Waals surface area contributed by atoms with Crippen molar-refractivity contribution in [3.8, 4) is 5.75 Å². The number of sulfonamides is 1. The summed E-state index contributed by atoms with van der Waals surface area (Å²) < 4.78 is 71.6. The summed E-state index contributed by atoms with van der Waals surface area (Å²) in [4.78, 5) is 12.5. The predicted octanol–water partition coefficient (Wildman–Crippen LogP) is 5.45. The van der Waals surface area contributed by atoms with E-state index in [0.717, 1.165) is 30.7 Å². The van der Waals surface area contributed by atoms with Gasteiger partial charge in [0.15, 0.2) is 0 Å². The van der Waals surface area contributed by atoms with Crippen molar-refractivity contribution in [2.45, 2.75) is 30.3 Å². The van der Waals surface area contributed by atoms with Crippen molar-refractivity contribution in [3.05, 3.63) is 51.5 Å². The highest BCUT2D eigenvalue weighted by molar-refractivity contribution is 7.89. The molecule has 174 valence electrons. The third kappa shape index (κ3) is 5.14. The Bertz CT molecular complexity index is 1130. The van der Waals surface area contributed by atoms with Gasteiger partial charge in [-0.15, -0.1) is 0 Å². The maximum Gasteiger partial charge on any atom is 0.416 e. The van der Waals surface area contributed by atoms with Gasteiger partial charge < -0.3 is 10.1 Å². The first-order valence-corrected chi connectivity index (χ1v) is 11.7. The summed E-state index contributed by atoms with van der Waals surface area (Å²) in [5.41, 5.74) is -1.51. The first-order valence-electron chi connectivity index (χ1n) is 9.51. The number of benzene rings is 2. The summed E-state index contributed by atoms with van der Waals surface area (Å²) in [6.07, 6.45) is -2.33. The number of hydrogen-bond acceptors (Lipinski definition) is 4. The quantitative estimate of drug-likeness (QED) is 0.580. The molecule has 0 aliphatic carbocycles. The zero-order valence-electron chi connectivity index (χ0n) is 16.8. The van der Waals surface area contributed by atoms with Crippen LogP contribution in [0.4, 0.5) is 18.9 Å². The standard InChI is InChI=1S/C20H19Cl2F3N2O4S/c1-31-17-6-5-12(20(23,24)25)9-16(17)26-19(28)13-10-18(15(22)11-14(13)21)32(29,30)27-7-3-2-4-8-27/h5-6,9-11H,2-4,7-8H2,1H3,(H,26,28). The van der Waals surface area contributed by atoms with Crippen molar-refractivity contribution in [2.24, 2.45) is 0 Å². The normalized spacial score (nSPS) is 15.4. The summed E-state index contributed by atoms with van der Waals surface area (Å²) in [6.45, 7) is 0.647. The van der Waals surface area contributed by atoms with Crippen LogP contribution in [0.3, 0.4) is 0 Å². The lowest BCUT2D eigenvalue weighted by Gasteiger charge is -2.26. The summed E-state index contributed by atoms with van der Waals surface area (Å²) >= 11 is 12.2. The fourth-order valence-electron chi connectivity index (χ4n) is 3.32. The Hall–Kier alpha value is -2.01. The highest BCUT2D eigenvalue weighted by Crippen LogP contribution is 2.36. The highest BCUT2D eigenvalue weighted by Gasteiger charge is 2.32. The van der Waals surface area contributed by atoms with Gasteiger partial charge in [-0.1, -0.05) is 29.6 Å². The Morgan fingerprint density at radius 3 is 2.31 bits per heavy atom. The van der Waals surface area contributed by atoms with Crippen LogP contribution in [-0.2, 0) is 16.2 Å². The number of piperidine rings is 1. The summed E-state index contributed by atoms with van der Waals surface area (Å²) in [7, 11) is -2.75. The fourth-order valence-corrected chi connectivity index (χ4v) is 5.67. The number of ether oxygens (including phenoxy) is 1. The number of methoxy groups -OCH3 is 1. The van der Waals surface area contributed by atoms with E-state index in [1.54, 1.807) is 0 Å². The third-order valence-corrected chi connectivity index (χ3v) is 7.65. The van der Waals surface area contributed by atoms with Gasteiger partial charge in [0.2, 0.25) is 10.0 Å². The second-order valence-corrected chi connectivity index (χ2v) is 9.81. The van der Waals surface area contributed by atoms with Crippen molar-refractivity contribution in [1.82, 2.24) is 4.31 Å². The van der Waals surface area contributed by atoms with Gasteiger partial charge in [-0.25, -0.2) is 8.42 Å². The van der Waals surface area contributed by atoms with Gasteiger partial charge in [0, 0.05) is 13.1 Å². The Morgan fingerprint density at radius 1 is 1.06 bits per heavy atom. The Kier molecular flexibility index (Phi) is 7.28. The van der Waals surface area contributed by atoms with E-state index in [4.69, 9.17) is 27.9 Å². The molecular formula is C20H19Cl2F3N2O4S. The number of halogens is 5. The van der Waals surface area contributed by atoms with E-state index in [2.05, 4.69) is 5.32 Å². The molecule has 0 atom stereocenters. The molecule has 1 aliphatic heterocycles. The molecular weight excluding hydrogens is 492 g/mol. The van der Waals surface area contributed by atoms with E-state index < -0.39 is 27.7 Å². The maximum atomic E-state index is 13.1. The lowest BCUT2D eigenvalue weighted by Crippen LogP contribution is -2.35. The fraction of sp³-hybridized carbons (Fsp3) is 0.350. The number of anilines is 1. The van der Waals surface area contributed by atoms with Crippen molar-refractivity contribution >= 4 is 44.8 Å². The Morgan fingerprint density at radius 2 is 1.72 bits per heavy atom. The number of alkyl halides is 3. The van der Waals surface area contributed by atoms with Crippen molar-refractivity contribution in [3.63, 3.8) is 0 Å². The average molecular weight is 511 g/mol. The lowest BCUT2D eigenvalue weighted by atomic mass is 10.1. The van der Waals surface area contributed by atoms with Gasteiger partial charge in [0.25, 0.3) is 5.91 Å². The molecule has 1 saturated heterocycles. The van der Waals surface area contributed by atoms with Gasteiger partial charge in [-0.3, -0.25) is 4.79 Å². The van der Waals surface area contributed by atoms with Crippen LogP contribution in [0.5, 0.6) is 5.75 Å². The van der Waals surface area contributed by atoms with Gasteiger partial charge in [-0.05, 0) is 43.2 Å². The van der Waals surface area contributed by atoms with Crippen LogP contribution in [-0.4, -0.2) is 38.8 Å². The predicted molar refractivity (Wildman–Crippen MR) is 115 cm³/mol. The number of rotatable bonds is 5. The van der Waals surface area contributed by atoms with E-state index in [0.29, 0.717) is 32.0 Å².